The van der Waals surface area contributed by atoms with Gasteiger partial charge < -0.3 is 4.74 Å². The predicted molar refractivity (Wildman–Crippen MR) is 60.9 cm³/mol. The van der Waals surface area contributed by atoms with E-state index in [0.717, 1.165) is 5.75 Å². The summed E-state index contributed by atoms with van der Waals surface area (Å²) in [7, 11) is 0. The third-order valence-corrected chi connectivity index (χ3v) is 2.47. The molecular weight excluding hydrogens is 186 g/mol. The number of hydrogen-bond acceptors (Lipinski definition) is 2. The second-order valence-corrected chi connectivity index (χ2v) is 4.18. The summed E-state index contributed by atoms with van der Waals surface area (Å²) in [6, 6.07) is 10.2. The highest BCUT2D eigenvalue weighted by atomic mass is 16.5. The zero-order valence-corrected chi connectivity index (χ0v) is 9.58. The van der Waals surface area contributed by atoms with Crippen LogP contribution in [0.5, 0.6) is 5.75 Å². The van der Waals surface area contributed by atoms with E-state index in [0.29, 0.717) is 13.0 Å². The lowest BCUT2D eigenvalue weighted by molar-refractivity contribution is 0.340. The van der Waals surface area contributed by atoms with E-state index in [1.165, 1.54) is 5.56 Å². The Hall–Kier alpha value is -1.49. The molecule has 0 aliphatic heterocycles. The molecule has 2 heteroatoms. The van der Waals surface area contributed by atoms with Gasteiger partial charge in [-0.25, -0.2) is 0 Å². The van der Waals surface area contributed by atoms with Gasteiger partial charge in [0.2, 0.25) is 0 Å². The molecular formula is C13H17NO. The first-order valence-electron chi connectivity index (χ1n) is 5.20. The molecule has 0 amide bonds. The average molecular weight is 203 g/mol. The standard InChI is InChI=1S/C13H17NO/c1-4-15-12-7-5-11(6-8-12)13(2,3)9-10-14/h5-8H,4,9H2,1-3H3. The molecule has 0 fully saturated rings. The first-order chi connectivity index (χ1) is 7.10. The van der Waals surface area contributed by atoms with E-state index in [2.05, 4.69) is 19.9 Å². The summed E-state index contributed by atoms with van der Waals surface area (Å²) in [5.74, 6) is 0.883. The number of benzene rings is 1. The second-order valence-electron chi connectivity index (χ2n) is 4.18. The Morgan fingerprint density at radius 1 is 1.27 bits per heavy atom. The maximum Gasteiger partial charge on any atom is 0.119 e. The normalized spacial score (nSPS) is 10.8. The lowest BCUT2D eigenvalue weighted by Crippen LogP contribution is -2.15. The van der Waals surface area contributed by atoms with Crippen molar-refractivity contribution in [3.05, 3.63) is 29.8 Å². The van der Waals surface area contributed by atoms with Crippen molar-refractivity contribution in [2.75, 3.05) is 6.61 Å². The molecule has 1 aromatic rings. The monoisotopic (exact) mass is 203 g/mol. The van der Waals surface area contributed by atoms with Crippen LogP contribution >= 0.6 is 0 Å². The quantitative estimate of drug-likeness (QED) is 0.752. The van der Waals surface area contributed by atoms with Gasteiger partial charge in [-0.15, -0.1) is 0 Å². The van der Waals surface area contributed by atoms with Crippen LogP contribution in [0.1, 0.15) is 32.8 Å². The molecule has 0 saturated heterocycles. The predicted octanol–water partition coefficient (Wildman–Crippen LogP) is 3.28. The Kier molecular flexibility index (Phi) is 3.74. The minimum absolute atomic E-state index is 0.0838. The van der Waals surface area contributed by atoms with Crippen LogP contribution in [-0.2, 0) is 5.41 Å². The molecule has 0 heterocycles. The Morgan fingerprint density at radius 2 is 1.87 bits per heavy atom. The van der Waals surface area contributed by atoms with Crippen LogP contribution in [0, 0.1) is 11.3 Å². The second kappa shape index (κ2) is 4.84. The number of ether oxygens (including phenoxy) is 1. The molecule has 2 nitrogen and oxygen atoms in total. The highest BCUT2D eigenvalue weighted by Gasteiger charge is 2.19. The molecule has 0 atom stereocenters. The third kappa shape index (κ3) is 2.99. The van der Waals surface area contributed by atoms with Crippen LogP contribution in [0.2, 0.25) is 0 Å². The van der Waals surface area contributed by atoms with Crippen molar-refractivity contribution >= 4 is 0 Å². The summed E-state index contributed by atoms with van der Waals surface area (Å²) >= 11 is 0. The van der Waals surface area contributed by atoms with Crippen LogP contribution in [0.4, 0.5) is 0 Å². The van der Waals surface area contributed by atoms with Crippen molar-refractivity contribution in [3.63, 3.8) is 0 Å². The molecule has 80 valence electrons. The van der Waals surface area contributed by atoms with Crippen molar-refractivity contribution in [1.82, 2.24) is 0 Å². The molecule has 1 rings (SSSR count). The number of hydrogen-bond donors (Lipinski definition) is 0. The van der Waals surface area contributed by atoms with Crippen LogP contribution in [-0.4, -0.2) is 6.61 Å². The summed E-state index contributed by atoms with van der Waals surface area (Å²) in [6.07, 6.45) is 0.529. The zero-order valence-electron chi connectivity index (χ0n) is 9.58. The van der Waals surface area contributed by atoms with Crippen LogP contribution in [0.25, 0.3) is 0 Å². The maximum atomic E-state index is 8.73. The van der Waals surface area contributed by atoms with Crippen LogP contribution in [0.15, 0.2) is 24.3 Å². The zero-order chi connectivity index (χ0) is 11.3. The number of rotatable bonds is 4. The molecule has 0 unspecified atom stereocenters. The molecule has 1 aromatic carbocycles. The molecule has 0 N–H and O–H groups in total. The summed E-state index contributed by atoms with van der Waals surface area (Å²) in [5, 5.41) is 8.73. The van der Waals surface area contributed by atoms with Crippen molar-refractivity contribution in [2.45, 2.75) is 32.6 Å². The fourth-order valence-electron chi connectivity index (χ4n) is 1.47. The Morgan fingerprint density at radius 3 is 2.33 bits per heavy atom. The highest BCUT2D eigenvalue weighted by Crippen LogP contribution is 2.27. The average Bonchev–Trinajstić information content (AvgIpc) is 2.19. The van der Waals surface area contributed by atoms with Gasteiger partial charge in [-0.05, 0) is 24.6 Å². The Balaban J connectivity index is 2.84. The SMILES string of the molecule is CCOc1ccc(C(C)(C)CC#N)cc1. The lowest BCUT2D eigenvalue weighted by Gasteiger charge is -2.21. The lowest BCUT2D eigenvalue weighted by atomic mass is 9.82. The molecule has 0 bridgehead atoms. The minimum Gasteiger partial charge on any atom is -0.494 e. The van der Waals surface area contributed by atoms with Crippen molar-refractivity contribution in [3.8, 4) is 11.8 Å². The van der Waals surface area contributed by atoms with Gasteiger partial charge in [0, 0.05) is 11.8 Å². The molecule has 0 spiro atoms. The van der Waals surface area contributed by atoms with Gasteiger partial charge in [0.05, 0.1) is 12.7 Å². The number of nitrogens with zero attached hydrogens (tertiary/aromatic N) is 1. The van der Waals surface area contributed by atoms with Crippen LogP contribution in [0.3, 0.4) is 0 Å². The van der Waals surface area contributed by atoms with E-state index >= 15 is 0 Å². The number of nitriles is 1. The fraction of sp³-hybridized carbons (Fsp3) is 0.462. The van der Waals surface area contributed by atoms with E-state index in [9.17, 15) is 0 Å². The minimum atomic E-state index is -0.0838. The smallest absolute Gasteiger partial charge is 0.119 e. The van der Waals surface area contributed by atoms with E-state index in [1.807, 2.05) is 31.2 Å². The van der Waals surface area contributed by atoms with Gasteiger partial charge in [0.15, 0.2) is 0 Å². The van der Waals surface area contributed by atoms with Gasteiger partial charge in [-0.3, -0.25) is 0 Å². The van der Waals surface area contributed by atoms with E-state index in [4.69, 9.17) is 10.00 Å². The van der Waals surface area contributed by atoms with E-state index in [1.54, 1.807) is 0 Å². The van der Waals surface area contributed by atoms with Crippen molar-refractivity contribution in [1.29, 1.82) is 5.26 Å². The van der Waals surface area contributed by atoms with Gasteiger partial charge >= 0.3 is 0 Å². The fourth-order valence-corrected chi connectivity index (χ4v) is 1.47. The Bertz CT molecular complexity index is 346. The first-order valence-corrected chi connectivity index (χ1v) is 5.20. The summed E-state index contributed by atoms with van der Waals surface area (Å²) < 4.78 is 5.37. The molecule has 0 aliphatic rings. The Labute approximate surface area is 91.5 Å². The molecule has 15 heavy (non-hydrogen) atoms. The summed E-state index contributed by atoms with van der Waals surface area (Å²) in [4.78, 5) is 0. The van der Waals surface area contributed by atoms with Gasteiger partial charge in [0.25, 0.3) is 0 Å². The van der Waals surface area contributed by atoms with Crippen LogP contribution < -0.4 is 4.74 Å². The van der Waals surface area contributed by atoms with E-state index in [-0.39, 0.29) is 5.41 Å². The first kappa shape index (κ1) is 11.6. The van der Waals surface area contributed by atoms with Gasteiger partial charge in [-0.2, -0.15) is 5.26 Å². The largest absolute Gasteiger partial charge is 0.494 e. The van der Waals surface area contributed by atoms with Crippen molar-refractivity contribution < 1.29 is 4.74 Å². The van der Waals surface area contributed by atoms with Gasteiger partial charge in [-0.1, -0.05) is 26.0 Å². The summed E-state index contributed by atoms with van der Waals surface area (Å²) in [5.41, 5.74) is 1.09. The molecule has 0 aromatic heterocycles. The highest BCUT2D eigenvalue weighted by molar-refractivity contribution is 5.32. The third-order valence-electron chi connectivity index (χ3n) is 2.47. The molecule has 0 radical (unpaired) electrons. The summed E-state index contributed by atoms with van der Waals surface area (Å²) in [6.45, 7) is 6.80. The van der Waals surface area contributed by atoms with Gasteiger partial charge in [0.1, 0.15) is 5.75 Å². The van der Waals surface area contributed by atoms with Crippen molar-refractivity contribution in [2.24, 2.45) is 0 Å². The molecule has 0 aliphatic carbocycles. The van der Waals surface area contributed by atoms with E-state index < -0.39 is 0 Å². The molecule has 0 saturated carbocycles. The topological polar surface area (TPSA) is 33.0 Å². The maximum absolute atomic E-state index is 8.73.